The van der Waals surface area contributed by atoms with Gasteiger partial charge in [0.2, 0.25) is 0 Å². The maximum absolute atomic E-state index is 12.0. The number of carbonyl (C=O) groups is 2. The molecular weight excluding hydrogens is 274 g/mol. The summed E-state index contributed by atoms with van der Waals surface area (Å²) >= 11 is 0. The molecular formula is C15H19NO5. The number of aliphatic hydroxyl groups is 1. The van der Waals surface area contributed by atoms with Gasteiger partial charge < -0.3 is 19.5 Å². The number of esters is 1. The van der Waals surface area contributed by atoms with E-state index in [1.165, 1.54) is 12.0 Å². The highest BCUT2D eigenvalue weighted by molar-refractivity contribution is 5.80. The number of likely N-dealkylation sites (tertiary alicyclic amines) is 1. The number of amides is 1. The summed E-state index contributed by atoms with van der Waals surface area (Å²) in [4.78, 5) is 24.9. The Balaban J connectivity index is 1.92. The van der Waals surface area contributed by atoms with Gasteiger partial charge in [0.25, 0.3) is 0 Å². The summed E-state index contributed by atoms with van der Waals surface area (Å²) in [6, 6.07) is 9.31. The summed E-state index contributed by atoms with van der Waals surface area (Å²) in [7, 11) is 1.22. The van der Waals surface area contributed by atoms with Gasteiger partial charge in [-0.2, -0.15) is 0 Å². The Bertz CT molecular complexity index is 504. The van der Waals surface area contributed by atoms with Crippen LogP contribution in [0.3, 0.4) is 0 Å². The molecule has 0 bridgehead atoms. The summed E-state index contributed by atoms with van der Waals surface area (Å²) in [6.07, 6.45) is 0.259. The molecule has 1 aliphatic rings. The lowest BCUT2D eigenvalue weighted by molar-refractivity contribution is -0.167. The molecule has 0 aromatic heterocycles. The lowest BCUT2D eigenvalue weighted by Crippen LogP contribution is -2.55. The van der Waals surface area contributed by atoms with Gasteiger partial charge in [-0.05, 0) is 18.4 Å². The molecule has 0 saturated carbocycles. The quantitative estimate of drug-likeness (QED) is 0.851. The van der Waals surface area contributed by atoms with E-state index >= 15 is 0 Å². The van der Waals surface area contributed by atoms with E-state index < -0.39 is 17.7 Å². The van der Waals surface area contributed by atoms with E-state index in [1.807, 2.05) is 30.3 Å². The maximum Gasteiger partial charge on any atom is 0.410 e. The number of methoxy groups -OCH3 is 1. The van der Waals surface area contributed by atoms with Crippen molar-refractivity contribution >= 4 is 12.1 Å². The number of rotatable bonds is 3. The van der Waals surface area contributed by atoms with Crippen LogP contribution in [0, 0.1) is 0 Å². The van der Waals surface area contributed by atoms with Gasteiger partial charge in [-0.15, -0.1) is 0 Å². The molecule has 1 fully saturated rings. The second-order valence-corrected chi connectivity index (χ2v) is 5.09. The smallest absolute Gasteiger partial charge is 0.410 e. The molecule has 0 spiro atoms. The number of hydrogen-bond donors (Lipinski definition) is 1. The van der Waals surface area contributed by atoms with Crippen LogP contribution in [-0.4, -0.2) is 47.9 Å². The zero-order chi connectivity index (χ0) is 15.3. The van der Waals surface area contributed by atoms with Crippen molar-refractivity contribution in [3.8, 4) is 0 Å². The van der Waals surface area contributed by atoms with Crippen LogP contribution in [0.5, 0.6) is 0 Å². The minimum atomic E-state index is -1.64. The van der Waals surface area contributed by atoms with E-state index in [-0.39, 0.29) is 19.6 Å². The van der Waals surface area contributed by atoms with Crippen molar-refractivity contribution in [2.75, 3.05) is 20.2 Å². The highest BCUT2D eigenvalue weighted by Gasteiger charge is 2.43. The molecule has 1 aliphatic heterocycles. The SMILES string of the molecule is COC(=O)C1(O)CCCN(C(=O)OCc2ccccc2)C1. The standard InChI is InChI=1S/C15H19NO5/c1-20-13(17)15(19)8-5-9-16(11-15)14(18)21-10-12-6-3-2-4-7-12/h2-4,6-7,19H,5,8-11H2,1H3. The number of nitrogens with zero attached hydrogens (tertiary/aromatic N) is 1. The van der Waals surface area contributed by atoms with Crippen molar-refractivity contribution in [1.82, 2.24) is 4.90 Å². The summed E-state index contributed by atoms with van der Waals surface area (Å²) in [6.45, 7) is 0.507. The zero-order valence-corrected chi connectivity index (χ0v) is 11.9. The third kappa shape index (κ3) is 3.72. The number of ether oxygens (including phenoxy) is 2. The topological polar surface area (TPSA) is 76.1 Å². The average Bonchev–Trinajstić information content (AvgIpc) is 2.52. The fraction of sp³-hybridized carbons (Fsp3) is 0.467. The average molecular weight is 293 g/mol. The van der Waals surface area contributed by atoms with Crippen LogP contribution in [-0.2, 0) is 20.9 Å². The van der Waals surface area contributed by atoms with E-state index in [9.17, 15) is 14.7 Å². The van der Waals surface area contributed by atoms with Crippen LogP contribution >= 0.6 is 0 Å². The molecule has 6 nitrogen and oxygen atoms in total. The highest BCUT2D eigenvalue weighted by atomic mass is 16.6. The number of carbonyl (C=O) groups excluding carboxylic acids is 2. The number of benzene rings is 1. The van der Waals surface area contributed by atoms with Gasteiger partial charge in [0.1, 0.15) is 6.61 Å². The van der Waals surface area contributed by atoms with Crippen molar-refractivity contribution in [2.24, 2.45) is 0 Å². The van der Waals surface area contributed by atoms with Gasteiger partial charge in [-0.3, -0.25) is 0 Å². The van der Waals surface area contributed by atoms with Gasteiger partial charge in [-0.25, -0.2) is 9.59 Å². The van der Waals surface area contributed by atoms with Crippen molar-refractivity contribution in [3.63, 3.8) is 0 Å². The van der Waals surface area contributed by atoms with Gasteiger partial charge in [0.05, 0.1) is 13.7 Å². The Morgan fingerprint density at radius 1 is 1.33 bits per heavy atom. The van der Waals surface area contributed by atoms with E-state index in [0.717, 1.165) is 5.56 Å². The summed E-state index contributed by atoms with van der Waals surface area (Å²) in [5, 5.41) is 10.2. The monoisotopic (exact) mass is 293 g/mol. The van der Waals surface area contributed by atoms with Crippen LogP contribution in [0.1, 0.15) is 18.4 Å². The Hall–Kier alpha value is -2.08. The first-order chi connectivity index (χ1) is 10.0. The molecule has 1 unspecified atom stereocenters. The lowest BCUT2D eigenvalue weighted by Gasteiger charge is -2.36. The molecule has 1 aromatic carbocycles. The van der Waals surface area contributed by atoms with Crippen LogP contribution in [0.25, 0.3) is 0 Å². The van der Waals surface area contributed by atoms with Gasteiger partial charge in [0.15, 0.2) is 5.60 Å². The zero-order valence-electron chi connectivity index (χ0n) is 11.9. The normalized spacial score (nSPS) is 21.7. The molecule has 21 heavy (non-hydrogen) atoms. The Labute approximate surface area is 123 Å². The maximum atomic E-state index is 12.0. The number of hydrogen-bond acceptors (Lipinski definition) is 5. The molecule has 1 N–H and O–H groups in total. The second kappa shape index (κ2) is 6.58. The highest BCUT2D eigenvalue weighted by Crippen LogP contribution is 2.23. The molecule has 0 radical (unpaired) electrons. The first-order valence-corrected chi connectivity index (χ1v) is 6.81. The van der Waals surface area contributed by atoms with Crippen LogP contribution < -0.4 is 0 Å². The minimum absolute atomic E-state index is 0.104. The van der Waals surface area contributed by atoms with Crippen molar-refractivity contribution in [3.05, 3.63) is 35.9 Å². The minimum Gasteiger partial charge on any atom is -0.467 e. The van der Waals surface area contributed by atoms with Gasteiger partial charge in [-0.1, -0.05) is 30.3 Å². The molecule has 1 saturated heterocycles. The second-order valence-electron chi connectivity index (χ2n) is 5.09. The fourth-order valence-corrected chi connectivity index (χ4v) is 2.36. The van der Waals surface area contributed by atoms with Gasteiger partial charge >= 0.3 is 12.1 Å². The molecule has 6 heteroatoms. The predicted molar refractivity (Wildman–Crippen MR) is 74.4 cm³/mol. The number of β-amino-alcohol motifs (C(OH)–C–C–N with tert-alkyl or cyclic N) is 1. The molecule has 1 heterocycles. The largest absolute Gasteiger partial charge is 0.467 e. The van der Waals surface area contributed by atoms with Crippen LogP contribution in [0.4, 0.5) is 4.79 Å². The van der Waals surface area contributed by atoms with Crippen LogP contribution in [0.2, 0.25) is 0 Å². The van der Waals surface area contributed by atoms with E-state index in [0.29, 0.717) is 13.0 Å². The first-order valence-electron chi connectivity index (χ1n) is 6.81. The summed E-state index contributed by atoms with van der Waals surface area (Å²) < 4.78 is 9.78. The Morgan fingerprint density at radius 2 is 2.05 bits per heavy atom. The van der Waals surface area contributed by atoms with Gasteiger partial charge in [0, 0.05) is 6.54 Å². The Kier molecular flexibility index (Phi) is 4.80. The molecule has 2 rings (SSSR count). The summed E-state index contributed by atoms with van der Waals surface area (Å²) in [5.41, 5.74) is -0.759. The molecule has 114 valence electrons. The van der Waals surface area contributed by atoms with E-state index in [1.54, 1.807) is 0 Å². The third-order valence-corrected chi connectivity index (χ3v) is 3.50. The summed E-state index contributed by atoms with van der Waals surface area (Å²) in [5.74, 6) is -0.719. The van der Waals surface area contributed by atoms with E-state index in [2.05, 4.69) is 4.74 Å². The first kappa shape index (κ1) is 15.3. The molecule has 1 aromatic rings. The molecule has 1 amide bonds. The van der Waals surface area contributed by atoms with Crippen molar-refractivity contribution in [1.29, 1.82) is 0 Å². The predicted octanol–water partition coefficient (Wildman–Crippen LogP) is 1.32. The number of piperidine rings is 1. The third-order valence-electron chi connectivity index (χ3n) is 3.50. The molecule has 1 atom stereocenters. The lowest BCUT2D eigenvalue weighted by atomic mass is 9.93. The molecule has 0 aliphatic carbocycles. The Morgan fingerprint density at radius 3 is 2.71 bits per heavy atom. The van der Waals surface area contributed by atoms with E-state index in [4.69, 9.17) is 4.74 Å². The van der Waals surface area contributed by atoms with Crippen LogP contribution in [0.15, 0.2) is 30.3 Å². The van der Waals surface area contributed by atoms with Crippen molar-refractivity contribution < 1.29 is 24.2 Å². The fourth-order valence-electron chi connectivity index (χ4n) is 2.36. The van der Waals surface area contributed by atoms with Crippen molar-refractivity contribution in [2.45, 2.75) is 25.0 Å².